The van der Waals surface area contributed by atoms with Crippen LogP contribution in [0.25, 0.3) is 0 Å². The summed E-state index contributed by atoms with van der Waals surface area (Å²) in [7, 11) is 6.24. The van der Waals surface area contributed by atoms with Crippen molar-refractivity contribution < 1.29 is 62.2 Å². The van der Waals surface area contributed by atoms with Crippen LogP contribution in [0.15, 0.2) is 30.3 Å². The molecule has 0 radical (unpaired) electrons. The second-order valence-corrected chi connectivity index (χ2v) is 15.6. The summed E-state index contributed by atoms with van der Waals surface area (Å²) in [5.74, 6) is -5.09. The lowest BCUT2D eigenvalue weighted by Gasteiger charge is -2.70. The smallest absolute Gasteiger partial charge is 0.338 e. The number of likely N-dealkylation sites (tertiary alicyclic amines) is 1. The molecular formula is C38H51NO13. The summed E-state index contributed by atoms with van der Waals surface area (Å²) in [6.07, 6.45) is -5.57. The van der Waals surface area contributed by atoms with E-state index < -0.39 is 112 Å². The van der Waals surface area contributed by atoms with Gasteiger partial charge in [0.05, 0.1) is 24.4 Å². The summed E-state index contributed by atoms with van der Waals surface area (Å²) < 4.78 is 50.8. The van der Waals surface area contributed by atoms with Gasteiger partial charge in [0.15, 0.2) is 17.3 Å². The lowest BCUT2D eigenvalue weighted by Crippen LogP contribution is -2.82. The minimum absolute atomic E-state index is 0.0808. The third kappa shape index (κ3) is 4.57. The number of hydrogen-bond donors (Lipinski definition) is 1. The highest BCUT2D eigenvalue weighted by molar-refractivity contribution is 5.89. The number of hydrogen-bond acceptors (Lipinski definition) is 14. The molecule has 7 rings (SSSR count). The van der Waals surface area contributed by atoms with E-state index in [1.54, 1.807) is 51.7 Å². The Kier molecular flexibility index (Phi) is 9.31. The molecule has 5 aliphatic carbocycles. The van der Waals surface area contributed by atoms with E-state index in [1.807, 2.05) is 6.92 Å². The van der Waals surface area contributed by atoms with Gasteiger partial charge in [0, 0.05) is 96.8 Å². The molecule has 6 fully saturated rings. The number of fused-ring (bicyclic) bond motifs is 2. The van der Waals surface area contributed by atoms with E-state index >= 15 is 0 Å². The minimum Gasteiger partial charge on any atom is -0.462 e. The van der Waals surface area contributed by atoms with Crippen LogP contribution in [-0.2, 0) is 52.3 Å². The van der Waals surface area contributed by atoms with Gasteiger partial charge in [-0.25, -0.2) is 4.79 Å². The second kappa shape index (κ2) is 13.0. The first-order valence-corrected chi connectivity index (χ1v) is 18.1. The topological polar surface area (TPSA) is 166 Å². The molecule has 7 bridgehead atoms. The third-order valence-electron chi connectivity index (χ3n) is 13.7. The Morgan fingerprint density at radius 3 is 2.10 bits per heavy atom. The van der Waals surface area contributed by atoms with Gasteiger partial charge in [-0.05, 0) is 31.0 Å². The van der Waals surface area contributed by atoms with Crippen LogP contribution >= 0.6 is 0 Å². The van der Waals surface area contributed by atoms with E-state index in [9.17, 15) is 24.3 Å². The Morgan fingerprint density at radius 1 is 0.846 bits per heavy atom. The SMILES string of the molecule is CCN1C[C@@]2(COC)[C@H]3[C@@H](OC)[C@H]4[C@H]1[C@]3([C@@H](OC)C[C@H]2OC(C)=O)[C@H]1C[C@@]2(OC(C)=O)[C@H](OC(=O)c3ccccc3)[C@@H]1[C@]4(OC(C)=O)[C@@H](O)[C@@H]2OC. The highest BCUT2D eigenvalue weighted by Gasteiger charge is 2.93. The maximum Gasteiger partial charge on any atom is 0.338 e. The molecule has 1 aromatic carbocycles. The van der Waals surface area contributed by atoms with Crippen molar-refractivity contribution in [2.75, 3.05) is 48.1 Å². The van der Waals surface area contributed by atoms with E-state index in [-0.39, 0.29) is 18.6 Å². The zero-order chi connectivity index (χ0) is 37.5. The number of nitrogens with zero attached hydrogens (tertiary/aromatic N) is 1. The van der Waals surface area contributed by atoms with E-state index in [4.69, 9.17) is 37.9 Å². The number of ether oxygens (including phenoxy) is 8. The molecule has 1 spiro atoms. The summed E-state index contributed by atoms with van der Waals surface area (Å²) in [4.78, 5) is 55.9. The Morgan fingerprint density at radius 2 is 1.54 bits per heavy atom. The first-order chi connectivity index (χ1) is 24.8. The normalized spacial score (nSPS) is 45.2. The van der Waals surface area contributed by atoms with Gasteiger partial charge in [-0.1, -0.05) is 25.1 Å². The molecule has 1 aromatic rings. The van der Waals surface area contributed by atoms with Crippen LogP contribution in [0, 0.1) is 34.5 Å². The molecule has 1 heterocycles. The largest absolute Gasteiger partial charge is 0.462 e. The first-order valence-electron chi connectivity index (χ1n) is 18.1. The standard InChI is InChI=1S/C38H51NO13/c1-9-39-17-35(18-45-5)24(49-19(2)40)15-25(46-6)37-23-16-36(51-20(3)41)32(50-34(44)22-13-11-10-12-14-22)26(23)38(52-21(4)42,31(43)33(36)48-8)27(30(37)39)28(47-7)29(35)37/h10-14,23-33,43H,9,15-18H2,1-8H3/t23-,24+,25-,26+,27-,28-,29+,30-,31-,32+,33-,35-,36+,37-,38+/m0/s1. The predicted octanol–water partition coefficient (Wildman–Crippen LogP) is 1.79. The van der Waals surface area contributed by atoms with E-state index in [0.717, 1.165) is 0 Å². The fourth-order valence-corrected chi connectivity index (χ4v) is 13.1. The highest BCUT2D eigenvalue weighted by Crippen LogP contribution is 2.81. The van der Waals surface area contributed by atoms with Crippen molar-refractivity contribution in [1.29, 1.82) is 0 Å². The number of benzene rings is 1. The minimum atomic E-state index is -1.77. The molecule has 0 aromatic heterocycles. The Balaban J connectivity index is 1.57. The lowest BCUT2D eigenvalue weighted by atomic mass is 9.42. The molecule has 0 unspecified atom stereocenters. The van der Waals surface area contributed by atoms with E-state index in [2.05, 4.69) is 4.90 Å². The van der Waals surface area contributed by atoms with Crippen LogP contribution in [0.3, 0.4) is 0 Å². The van der Waals surface area contributed by atoms with Crippen LogP contribution in [0.2, 0.25) is 0 Å². The zero-order valence-electron chi connectivity index (χ0n) is 31.1. The van der Waals surface area contributed by atoms with Crippen LogP contribution in [0.4, 0.5) is 0 Å². The fourth-order valence-electron chi connectivity index (χ4n) is 13.1. The van der Waals surface area contributed by atoms with Crippen LogP contribution in [0.5, 0.6) is 0 Å². The Bertz CT molecular complexity index is 1590. The van der Waals surface area contributed by atoms with Crippen molar-refractivity contribution in [2.24, 2.45) is 34.5 Å². The number of aliphatic hydroxyl groups is 1. The zero-order valence-corrected chi connectivity index (χ0v) is 31.1. The number of carbonyl (C=O) groups is 4. The molecule has 14 nitrogen and oxygen atoms in total. The number of aliphatic hydroxyl groups excluding tert-OH is 1. The number of methoxy groups -OCH3 is 4. The summed E-state index contributed by atoms with van der Waals surface area (Å²) in [5, 5.41) is 12.9. The van der Waals surface area contributed by atoms with Crippen molar-refractivity contribution >= 4 is 23.9 Å². The van der Waals surface area contributed by atoms with Gasteiger partial charge in [-0.3, -0.25) is 19.3 Å². The van der Waals surface area contributed by atoms with Crippen molar-refractivity contribution in [3.8, 4) is 0 Å². The number of rotatable bonds is 11. The molecule has 52 heavy (non-hydrogen) atoms. The van der Waals surface area contributed by atoms with E-state index in [1.165, 1.54) is 27.9 Å². The van der Waals surface area contributed by atoms with Crippen molar-refractivity contribution in [3.63, 3.8) is 0 Å². The fraction of sp³-hybridized carbons (Fsp3) is 0.737. The molecule has 14 heteroatoms. The van der Waals surface area contributed by atoms with Gasteiger partial charge in [0.1, 0.15) is 18.3 Å². The van der Waals surface area contributed by atoms with Gasteiger partial charge in [-0.2, -0.15) is 0 Å². The van der Waals surface area contributed by atoms with Gasteiger partial charge in [-0.15, -0.1) is 0 Å². The maximum absolute atomic E-state index is 14.1. The molecule has 1 saturated heterocycles. The van der Waals surface area contributed by atoms with Gasteiger partial charge < -0.3 is 43.0 Å². The molecule has 15 atom stereocenters. The summed E-state index contributed by atoms with van der Waals surface area (Å²) in [5.41, 5.74) is -4.89. The average molecular weight is 730 g/mol. The van der Waals surface area contributed by atoms with Gasteiger partial charge in [0.25, 0.3) is 0 Å². The van der Waals surface area contributed by atoms with Crippen molar-refractivity contribution in [3.05, 3.63) is 35.9 Å². The number of piperidine rings is 1. The summed E-state index contributed by atoms with van der Waals surface area (Å²) in [6.45, 7) is 7.17. The monoisotopic (exact) mass is 729 g/mol. The van der Waals surface area contributed by atoms with Gasteiger partial charge in [0.2, 0.25) is 0 Å². The third-order valence-corrected chi connectivity index (χ3v) is 13.7. The molecule has 6 aliphatic rings. The van der Waals surface area contributed by atoms with Crippen LogP contribution in [-0.4, -0.2) is 136 Å². The molecule has 5 saturated carbocycles. The number of esters is 4. The van der Waals surface area contributed by atoms with E-state index in [0.29, 0.717) is 19.5 Å². The van der Waals surface area contributed by atoms with Crippen LogP contribution < -0.4 is 0 Å². The second-order valence-electron chi connectivity index (χ2n) is 15.6. The maximum atomic E-state index is 14.1. The average Bonchev–Trinajstić information content (AvgIpc) is 3.49. The quantitative estimate of drug-likeness (QED) is 0.259. The van der Waals surface area contributed by atoms with Crippen molar-refractivity contribution in [1.82, 2.24) is 4.90 Å². The highest BCUT2D eigenvalue weighted by atomic mass is 16.6. The molecule has 0 amide bonds. The Labute approximate surface area is 303 Å². The molecule has 1 aliphatic heterocycles. The first kappa shape index (κ1) is 37.2. The van der Waals surface area contributed by atoms with Crippen molar-refractivity contribution in [2.45, 2.75) is 94.4 Å². The summed E-state index contributed by atoms with van der Waals surface area (Å²) in [6, 6.07) is 8.05. The molecule has 1 N–H and O–H groups in total. The molecular weight excluding hydrogens is 678 g/mol. The number of carbonyl (C=O) groups excluding carboxylic acids is 4. The van der Waals surface area contributed by atoms with Gasteiger partial charge >= 0.3 is 23.9 Å². The molecule has 286 valence electrons. The lowest BCUT2D eigenvalue weighted by molar-refractivity contribution is -0.323. The summed E-state index contributed by atoms with van der Waals surface area (Å²) >= 11 is 0. The Hall–Kier alpha value is -3.14. The predicted molar refractivity (Wildman–Crippen MR) is 180 cm³/mol. The van der Waals surface area contributed by atoms with Crippen LogP contribution in [0.1, 0.15) is 50.9 Å².